The fraction of sp³-hybridized carbons (Fsp3) is 0.727. The highest BCUT2D eigenvalue weighted by Gasteiger charge is 2.52. The maximum Gasteiger partial charge on any atom is 0.498 e. The molecule has 3 rings (SSSR count). The van der Waals surface area contributed by atoms with Crippen molar-refractivity contribution in [3.05, 3.63) is 23.3 Å². The Hall–Kier alpha value is -1.04. The van der Waals surface area contributed by atoms with Crippen molar-refractivity contribution in [1.29, 1.82) is 0 Å². The van der Waals surface area contributed by atoms with Gasteiger partial charge in [-0.3, -0.25) is 0 Å². The molecular weight excluding hydrogens is 339 g/mol. The summed E-state index contributed by atoms with van der Waals surface area (Å²) in [4.78, 5) is 0. The van der Waals surface area contributed by atoms with Crippen LogP contribution in [0, 0.1) is 0 Å². The van der Waals surface area contributed by atoms with E-state index in [1.54, 1.807) is 7.11 Å². The van der Waals surface area contributed by atoms with E-state index < -0.39 is 7.12 Å². The van der Waals surface area contributed by atoms with Gasteiger partial charge in [-0.1, -0.05) is 31.7 Å². The van der Waals surface area contributed by atoms with Gasteiger partial charge in [-0.05, 0) is 70.6 Å². The zero-order valence-corrected chi connectivity index (χ0v) is 17.7. The Labute approximate surface area is 165 Å². The van der Waals surface area contributed by atoms with Crippen LogP contribution in [0.25, 0.3) is 0 Å². The van der Waals surface area contributed by atoms with Gasteiger partial charge >= 0.3 is 7.12 Å². The number of benzene rings is 1. The Morgan fingerprint density at radius 1 is 0.852 bits per heavy atom. The first-order chi connectivity index (χ1) is 12.8. The van der Waals surface area contributed by atoms with Crippen LogP contribution in [0.1, 0.15) is 77.3 Å². The topological polar surface area (TPSA) is 36.9 Å². The highest BCUT2D eigenvalue weighted by molar-refractivity contribution is 6.63. The monoisotopic (exact) mass is 374 g/mol. The van der Waals surface area contributed by atoms with E-state index in [0.29, 0.717) is 0 Å². The van der Waals surface area contributed by atoms with Crippen LogP contribution in [0.15, 0.2) is 12.1 Å². The van der Waals surface area contributed by atoms with Gasteiger partial charge in [-0.2, -0.15) is 0 Å². The van der Waals surface area contributed by atoms with Gasteiger partial charge in [-0.25, -0.2) is 0 Å². The van der Waals surface area contributed by atoms with Crippen molar-refractivity contribution in [2.45, 2.75) is 90.3 Å². The number of rotatable bonds is 4. The fourth-order valence-corrected chi connectivity index (χ4v) is 3.89. The molecule has 0 aromatic heterocycles. The molecule has 2 aliphatic rings. The Morgan fingerprint density at radius 3 is 1.93 bits per heavy atom. The van der Waals surface area contributed by atoms with Crippen molar-refractivity contribution in [2.24, 2.45) is 0 Å². The van der Waals surface area contributed by atoms with E-state index in [1.807, 2.05) is 0 Å². The Balaban J connectivity index is 1.95. The van der Waals surface area contributed by atoms with Gasteiger partial charge < -0.3 is 18.8 Å². The van der Waals surface area contributed by atoms with Gasteiger partial charge in [0.15, 0.2) is 6.79 Å². The largest absolute Gasteiger partial charge is 0.498 e. The average molecular weight is 374 g/mol. The van der Waals surface area contributed by atoms with E-state index in [4.69, 9.17) is 18.8 Å². The fourth-order valence-electron chi connectivity index (χ4n) is 3.89. The van der Waals surface area contributed by atoms with E-state index in [0.717, 1.165) is 24.1 Å². The normalized spacial score (nSPS) is 22.3. The van der Waals surface area contributed by atoms with Crippen LogP contribution in [-0.4, -0.2) is 32.2 Å². The van der Waals surface area contributed by atoms with Crippen LogP contribution < -0.4 is 10.2 Å². The third-order valence-corrected chi connectivity index (χ3v) is 6.31. The molecule has 0 bridgehead atoms. The van der Waals surface area contributed by atoms with E-state index in [1.165, 1.54) is 49.7 Å². The minimum Gasteiger partial charge on any atom is -0.468 e. The highest BCUT2D eigenvalue weighted by atomic mass is 16.7. The number of hydrogen-bond donors (Lipinski definition) is 0. The molecule has 150 valence electrons. The third kappa shape index (κ3) is 4.69. The summed E-state index contributed by atoms with van der Waals surface area (Å²) in [5, 5.41) is 0. The molecule has 1 aromatic rings. The van der Waals surface area contributed by atoms with Gasteiger partial charge in [0.25, 0.3) is 0 Å². The molecule has 27 heavy (non-hydrogen) atoms. The molecule has 1 fully saturated rings. The molecule has 4 nitrogen and oxygen atoms in total. The molecule has 1 saturated heterocycles. The lowest BCUT2D eigenvalue weighted by Crippen LogP contribution is -2.41. The lowest BCUT2D eigenvalue weighted by atomic mass is 9.76. The number of ether oxygens (including phenoxy) is 2. The standard InChI is InChI=1S/C22H35BO4/c1-21(2)22(3,4)27-23(26-21)19-14-17-12-10-8-6-7-9-11-13-18(17)15-20(19)25-16-24-5/h14-15H,6-13,16H2,1-5H3. The average Bonchev–Trinajstić information content (AvgIpc) is 2.84. The zero-order chi connectivity index (χ0) is 19.5. The van der Waals surface area contributed by atoms with Crippen LogP contribution in [0.5, 0.6) is 5.75 Å². The minimum absolute atomic E-state index is 0.227. The quantitative estimate of drug-likeness (QED) is 0.578. The molecule has 1 aliphatic carbocycles. The van der Waals surface area contributed by atoms with Gasteiger partial charge in [-0.15, -0.1) is 0 Å². The first-order valence-corrected chi connectivity index (χ1v) is 10.5. The summed E-state index contributed by atoms with van der Waals surface area (Å²) in [7, 11) is 1.23. The third-order valence-electron chi connectivity index (χ3n) is 6.31. The van der Waals surface area contributed by atoms with E-state index >= 15 is 0 Å². The second-order valence-electron chi connectivity index (χ2n) is 8.92. The molecule has 1 aromatic carbocycles. The second-order valence-corrected chi connectivity index (χ2v) is 8.92. The number of aryl methyl sites for hydroxylation is 2. The van der Waals surface area contributed by atoms with Gasteiger partial charge in [0.05, 0.1) is 11.2 Å². The molecule has 0 radical (unpaired) electrons. The van der Waals surface area contributed by atoms with Gasteiger partial charge in [0.1, 0.15) is 5.75 Å². The molecule has 0 spiro atoms. The predicted octanol–water partition coefficient (Wildman–Crippen LogP) is 4.41. The number of methoxy groups -OCH3 is 1. The van der Waals surface area contributed by atoms with Crippen molar-refractivity contribution >= 4 is 12.6 Å². The Bertz CT molecular complexity index is 625. The van der Waals surface area contributed by atoms with Crippen LogP contribution in [0.4, 0.5) is 0 Å². The minimum atomic E-state index is -0.414. The lowest BCUT2D eigenvalue weighted by molar-refractivity contribution is 0.00578. The molecule has 0 N–H and O–H groups in total. The van der Waals surface area contributed by atoms with Gasteiger partial charge in [0.2, 0.25) is 0 Å². The van der Waals surface area contributed by atoms with Crippen molar-refractivity contribution in [3.63, 3.8) is 0 Å². The Morgan fingerprint density at radius 2 is 1.37 bits per heavy atom. The van der Waals surface area contributed by atoms with Crippen molar-refractivity contribution in [2.75, 3.05) is 13.9 Å². The maximum absolute atomic E-state index is 6.32. The summed E-state index contributed by atoms with van der Waals surface area (Å²) >= 11 is 0. The maximum atomic E-state index is 6.32. The molecule has 1 aliphatic heterocycles. The summed E-state index contributed by atoms with van der Waals surface area (Å²) < 4.78 is 23.8. The summed E-state index contributed by atoms with van der Waals surface area (Å²) in [5.41, 5.74) is 3.09. The lowest BCUT2D eigenvalue weighted by Gasteiger charge is -2.32. The first-order valence-electron chi connectivity index (χ1n) is 10.5. The SMILES string of the molecule is COCOc1cc2c(cc1B1OC(C)(C)C(C)(C)O1)CCCCCCCC2. The first kappa shape index (κ1) is 20.7. The van der Waals surface area contributed by atoms with E-state index in [-0.39, 0.29) is 18.0 Å². The molecule has 0 unspecified atom stereocenters. The number of hydrogen-bond acceptors (Lipinski definition) is 4. The van der Waals surface area contributed by atoms with Gasteiger partial charge in [0, 0.05) is 12.6 Å². The van der Waals surface area contributed by atoms with E-state index in [9.17, 15) is 0 Å². The second kappa shape index (κ2) is 8.54. The van der Waals surface area contributed by atoms with Crippen molar-refractivity contribution < 1.29 is 18.8 Å². The predicted molar refractivity (Wildman–Crippen MR) is 110 cm³/mol. The van der Waals surface area contributed by atoms with Crippen LogP contribution in [0.3, 0.4) is 0 Å². The molecule has 0 amide bonds. The van der Waals surface area contributed by atoms with Crippen LogP contribution >= 0.6 is 0 Å². The summed E-state index contributed by atoms with van der Waals surface area (Å²) in [6.45, 7) is 8.58. The van der Waals surface area contributed by atoms with Crippen LogP contribution in [0.2, 0.25) is 0 Å². The summed E-state index contributed by atoms with van der Waals surface area (Å²) in [5.74, 6) is 0.825. The highest BCUT2D eigenvalue weighted by Crippen LogP contribution is 2.37. The van der Waals surface area contributed by atoms with Crippen molar-refractivity contribution in [1.82, 2.24) is 0 Å². The molecule has 0 saturated carbocycles. The van der Waals surface area contributed by atoms with Crippen LogP contribution in [-0.2, 0) is 26.9 Å². The Kier molecular flexibility index (Phi) is 6.55. The summed E-state index contributed by atoms with van der Waals surface area (Å²) in [6, 6.07) is 4.47. The molecule has 5 heteroatoms. The summed E-state index contributed by atoms with van der Waals surface area (Å²) in [6.07, 6.45) is 10.1. The molecule has 0 atom stereocenters. The van der Waals surface area contributed by atoms with E-state index in [2.05, 4.69) is 39.8 Å². The number of fused-ring (bicyclic) bond motifs is 1. The molecular formula is C22H35BO4. The zero-order valence-electron chi connectivity index (χ0n) is 17.7. The molecule has 1 heterocycles. The van der Waals surface area contributed by atoms with Crippen molar-refractivity contribution in [3.8, 4) is 5.75 Å². The smallest absolute Gasteiger partial charge is 0.468 e.